The zero-order valence-corrected chi connectivity index (χ0v) is 13.6. The number of hydrogen-bond donors (Lipinski definition) is 3. The molecule has 1 aliphatic heterocycles. The lowest BCUT2D eigenvalue weighted by Gasteiger charge is -2.34. The highest BCUT2D eigenvalue weighted by atomic mass is 19.1. The minimum atomic E-state index is -0.958. The third-order valence-corrected chi connectivity index (χ3v) is 4.38. The number of ether oxygens (including phenoxy) is 1. The predicted molar refractivity (Wildman–Crippen MR) is 90.5 cm³/mol. The van der Waals surface area contributed by atoms with Crippen molar-refractivity contribution < 1.29 is 24.1 Å². The predicted octanol–water partition coefficient (Wildman–Crippen LogP) is 1.73. The van der Waals surface area contributed by atoms with Gasteiger partial charge in [0.15, 0.2) is 0 Å². The zero-order valence-electron chi connectivity index (χ0n) is 13.6. The summed E-state index contributed by atoms with van der Waals surface area (Å²) in [4.78, 5) is 12.4. The Labute approximate surface area is 145 Å². The van der Waals surface area contributed by atoms with Gasteiger partial charge in [0.25, 0.3) is 5.91 Å². The molecular formula is C19H20FNO4. The second-order valence-corrected chi connectivity index (χ2v) is 6.01. The Morgan fingerprint density at radius 2 is 1.92 bits per heavy atom. The molecule has 2 aromatic carbocycles. The summed E-state index contributed by atoms with van der Waals surface area (Å²) in [6.07, 6.45) is -1.18. The van der Waals surface area contributed by atoms with Crippen molar-refractivity contribution in [3.05, 3.63) is 59.9 Å². The van der Waals surface area contributed by atoms with Gasteiger partial charge in [-0.1, -0.05) is 30.3 Å². The number of rotatable bonds is 4. The van der Waals surface area contributed by atoms with Crippen LogP contribution in [0.3, 0.4) is 0 Å². The molecule has 0 unspecified atom stereocenters. The van der Waals surface area contributed by atoms with E-state index < -0.39 is 18.2 Å². The zero-order chi connectivity index (χ0) is 17.8. The Balaban J connectivity index is 1.70. The van der Waals surface area contributed by atoms with Crippen molar-refractivity contribution >= 4 is 5.91 Å². The molecule has 3 N–H and O–H groups in total. The number of amides is 1. The summed E-state index contributed by atoms with van der Waals surface area (Å²) in [5, 5.41) is 22.0. The Hall–Kier alpha value is -2.28. The lowest BCUT2D eigenvalue weighted by atomic mass is 9.99. The highest BCUT2D eigenvalue weighted by Crippen LogP contribution is 2.23. The highest BCUT2D eigenvalue weighted by Gasteiger charge is 2.33. The molecule has 0 spiro atoms. The number of aliphatic hydroxyl groups excluding tert-OH is 2. The van der Waals surface area contributed by atoms with Gasteiger partial charge in [-0.25, -0.2) is 4.39 Å². The van der Waals surface area contributed by atoms with Crippen LogP contribution < -0.4 is 5.32 Å². The summed E-state index contributed by atoms with van der Waals surface area (Å²) in [5.41, 5.74) is 1.57. The normalized spacial score (nSPS) is 23.2. The minimum absolute atomic E-state index is 0.301. The van der Waals surface area contributed by atoms with E-state index in [1.165, 1.54) is 6.07 Å². The molecule has 3 atom stereocenters. The molecule has 0 aromatic heterocycles. The standard InChI is InChI=1S/C19H20FNO4/c20-15-4-2-1-3-14(15)12-5-7-13(8-6-12)19(24)21-16-9-10-25-17(11-22)18(16)23/h1-8,16-18,22-23H,9-11H2,(H,21,24)/t16-,17+,18-/m0/s1. The summed E-state index contributed by atoms with van der Waals surface area (Å²) in [6.45, 7) is 0.0599. The molecule has 5 nitrogen and oxygen atoms in total. The lowest BCUT2D eigenvalue weighted by molar-refractivity contribution is -0.107. The van der Waals surface area contributed by atoms with Gasteiger partial charge in [0.2, 0.25) is 0 Å². The molecule has 6 heteroatoms. The summed E-state index contributed by atoms with van der Waals surface area (Å²) < 4.78 is 19.1. The van der Waals surface area contributed by atoms with E-state index in [9.17, 15) is 14.3 Å². The van der Waals surface area contributed by atoms with E-state index in [1.807, 2.05) is 0 Å². The molecule has 1 heterocycles. The first kappa shape index (κ1) is 17.5. The summed E-state index contributed by atoms with van der Waals surface area (Å²) in [7, 11) is 0. The molecule has 1 aliphatic rings. The maximum atomic E-state index is 13.8. The average molecular weight is 345 g/mol. The quantitative estimate of drug-likeness (QED) is 0.789. The maximum Gasteiger partial charge on any atom is 0.251 e. The number of carbonyl (C=O) groups excluding carboxylic acids is 1. The van der Waals surface area contributed by atoms with Crippen molar-refractivity contribution in [2.75, 3.05) is 13.2 Å². The van der Waals surface area contributed by atoms with Crippen LogP contribution in [0.25, 0.3) is 11.1 Å². The number of benzene rings is 2. The van der Waals surface area contributed by atoms with Crippen molar-refractivity contribution in [1.82, 2.24) is 5.32 Å². The smallest absolute Gasteiger partial charge is 0.251 e. The van der Waals surface area contributed by atoms with E-state index in [2.05, 4.69) is 5.32 Å². The Kier molecular flexibility index (Phi) is 5.43. The molecular weight excluding hydrogens is 325 g/mol. The van der Waals surface area contributed by atoms with E-state index >= 15 is 0 Å². The molecule has 3 rings (SSSR count). The van der Waals surface area contributed by atoms with Crippen LogP contribution in [0.4, 0.5) is 4.39 Å². The summed E-state index contributed by atoms with van der Waals surface area (Å²) in [6, 6.07) is 12.6. The second kappa shape index (κ2) is 7.74. The fourth-order valence-electron chi connectivity index (χ4n) is 2.94. The largest absolute Gasteiger partial charge is 0.394 e. The molecule has 1 fully saturated rings. The summed E-state index contributed by atoms with van der Waals surface area (Å²) >= 11 is 0. The lowest BCUT2D eigenvalue weighted by Crippen LogP contribution is -2.54. The first-order valence-corrected chi connectivity index (χ1v) is 8.16. The molecule has 1 amide bonds. The van der Waals surface area contributed by atoms with Crippen LogP contribution in [0, 0.1) is 5.82 Å². The third kappa shape index (κ3) is 3.87. The summed E-state index contributed by atoms with van der Waals surface area (Å²) in [5.74, 6) is -0.650. The highest BCUT2D eigenvalue weighted by molar-refractivity contribution is 5.95. The molecule has 25 heavy (non-hydrogen) atoms. The van der Waals surface area contributed by atoms with Gasteiger partial charge in [-0.3, -0.25) is 4.79 Å². The molecule has 0 radical (unpaired) electrons. The molecule has 0 saturated carbocycles. The van der Waals surface area contributed by atoms with Gasteiger partial charge in [0.05, 0.1) is 12.6 Å². The van der Waals surface area contributed by atoms with Crippen LogP contribution in [0.15, 0.2) is 48.5 Å². The van der Waals surface area contributed by atoms with Crippen molar-refractivity contribution in [2.45, 2.75) is 24.7 Å². The molecule has 132 valence electrons. The van der Waals surface area contributed by atoms with Crippen LogP contribution in [-0.4, -0.2) is 47.6 Å². The fraction of sp³-hybridized carbons (Fsp3) is 0.316. The van der Waals surface area contributed by atoms with E-state index in [-0.39, 0.29) is 18.3 Å². The Morgan fingerprint density at radius 1 is 1.20 bits per heavy atom. The van der Waals surface area contributed by atoms with Crippen molar-refractivity contribution in [1.29, 1.82) is 0 Å². The SMILES string of the molecule is O=C(N[C@H]1CCO[C@H](CO)[C@H]1O)c1ccc(-c2ccccc2F)cc1. The van der Waals surface area contributed by atoms with E-state index in [0.29, 0.717) is 29.7 Å². The minimum Gasteiger partial charge on any atom is -0.394 e. The van der Waals surface area contributed by atoms with E-state index in [4.69, 9.17) is 9.84 Å². The third-order valence-electron chi connectivity index (χ3n) is 4.38. The number of nitrogens with one attached hydrogen (secondary N) is 1. The van der Waals surface area contributed by atoms with Gasteiger partial charge in [0, 0.05) is 17.7 Å². The van der Waals surface area contributed by atoms with Gasteiger partial charge in [-0.2, -0.15) is 0 Å². The Bertz CT molecular complexity index is 734. The van der Waals surface area contributed by atoms with Gasteiger partial charge in [-0.15, -0.1) is 0 Å². The average Bonchev–Trinajstić information content (AvgIpc) is 2.64. The van der Waals surface area contributed by atoms with E-state index in [1.54, 1.807) is 42.5 Å². The van der Waals surface area contributed by atoms with Crippen LogP contribution >= 0.6 is 0 Å². The van der Waals surface area contributed by atoms with Gasteiger partial charge in [-0.05, 0) is 30.2 Å². The van der Waals surface area contributed by atoms with Crippen molar-refractivity contribution in [3.63, 3.8) is 0 Å². The number of hydrogen-bond acceptors (Lipinski definition) is 4. The van der Waals surface area contributed by atoms with Gasteiger partial charge in [0.1, 0.15) is 18.0 Å². The molecule has 0 bridgehead atoms. The fourth-order valence-corrected chi connectivity index (χ4v) is 2.94. The number of aliphatic hydroxyl groups is 2. The molecule has 2 aromatic rings. The number of halogens is 1. The van der Waals surface area contributed by atoms with E-state index in [0.717, 1.165) is 0 Å². The molecule has 0 aliphatic carbocycles. The second-order valence-electron chi connectivity index (χ2n) is 6.01. The van der Waals surface area contributed by atoms with Crippen LogP contribution in [0.2, 0.25) is 0 Å². The van der Waals surface area contributed by atoms with Crippen LogP contribution in [-0.2, 0) is 4.74 Å². The van der Waals surface area contributed by atoms with Crippen molar-refractivity contribution in [3.8, 4) is 11.1 Å². The molecule has 1 saturated heterocycles. The van der Waals surface area contributed by atoms with Crippen molar-refractivity contribution in [2.24, 2.45) is 0 Å². The van der Waals surface area contributed by atoms with Gasteiger partial charge >= 0.3 is 0 Å². The number of carbonyl (C=O) groups is 1. The first-order valence-electron chi connectivity index (χ1n) is 8.16. The monoisotopic (exact) mass is 345 g/mol. The Morgan fingerprint density at radius 3 is 2.60 bits per heavy atom. The van der Waals surface area contributed by atoms with Crippen LogP contribution in [0.5, 0.6) is 0 Å². The van der Waals surface area contributed by atoms with Crippen LogP contribution in [0.1, 0.15) is 16.8 Å². The van der Waals surface area contributed by atoms with Gasteiger partial charge < -0.3 is 20.3 Å². The maximum absolute atomic E-state index is 13.8. The first-order chi connectivity index (χ1) is 12.1. The topological polar surface area (TPSA) is 78.8 Å².